The average molecular weight is 407 g/mol. The quantitative estimate of drug-likeness (QED) is 0.356. The molecule has 0 radical (unpaired) electrons. The number of allylic oxidation sites excluding steroid dienone is 3. The van der Waals surface area contributed by atoms with Gasteiger partial charge in [-0.05, 0) is 59.6 Å². The lowest BCUT2D eigenvalue weighted by atomic mass is 9.96. The molecule has 0 unspecified atom stereocenters. The standard InChI is InChI=1S/C24H38O5/c1-9-24(8,27)16-23(29-21(7)26)15-19(5)14-22(28-20(6)25)13-18(4)12-10-11-17(2)3/h9,11,13,15,22-23,27H,1,10,12,14,16H2,2-8H3/b18-13+,19-15+/t22-,23-,24-/m1/s1. The highest BCUT2D eigenvalue weighted by molar-refractivity contribution is 5.66. The van der Waals surface area contributed by atoms with Gasteiger partial charge in [0.1, 0.15) is 12.2 Å². The van der Waals surface area contributed by atoms with Crippen LogP contribution < -0.4 is 0 Å². The van der Waals surface area contributed by atoms with Crippen molar-refractivity contribution >= 4 is 11.9 Å². The van der Waals surface area contributed by atoms with Gasteiger partial charge in [-0.3, -0.25) is 9.59 Å². The first-order chi connectivity index (χ1) is 13.3. The van der Waals surface area contributed by atoms with Crippen LogP contribution in [-0.4, -0.2) is 34.9 Å². The predicted octanol–water partition coefficient (Wildman–Crippen LogP) is 5.21. The molecule has 5 nitrogen and oxygen atoms in total. The number of rotatable bonds is 12. The lowest BCUT2D eigenvalue weighted by Gasteiger charge is -2.24. The van der Waals surface area contributed by atoms with E-state index < -0.39 is 23.8 Å². The minimum atomic E-state index is -1.16. The molecule has 0 amide bonds. The zero-order valence-corrected chi connectivity index (χ0v) is 19.1. The van der Waals surface area contributed by atoms with Crippen LogP contribution >= 0.6 is 0 Å². The fourth-order valence-electron chi connectivity index (χ4n) is 2.88. The summed E-state index contributed by atoms with van der Waals surface area (Å²) in [4.78, 5) is 22.9. The van der Waals surface area contributed by atoms with Gasteiger partial charge in [-0.15, -0.1) is 6.58 Å². The second-order valence-electron chi connectivity index (χ2n) is 8.11. The van der Waals surface area contributed by atoms with Crippen molar-refractivity contribution in [1.29, 1.82) is 0 Å². The minimum absolute atomic E-state index is 0.198. The Hall–Kier alpha value is -2.14. The third-order valence-corrected chi connectivity index (χ3v) is 4.24. The number of hydrogen-bond acceptors (Lipinski definition) is 5. The number of hydrogen-bond donors (Lipinski definition) is 1. The van der Waals surface area contributed by atoms with Gasteiger partial charge in [0.05, 0.1) is 5.60 Å². The van der Waals surface area contributed by atoms with Crippen LogP contribution in [0.5, 0.6) is 0 Å². The second-order valence-corrected chi connectivity index (χ2v) is 8.11. The molecular weight excluding hydrogens is 368 g/mol. The zero-order valence-electron chi connectivity index (χ0n) is 19.1. The first-order valence-corrected chi connectivity index (χ1v) is 10.0. The maximum Gasteiger partial charge on any atom is 0.303 e. The van der Waals surface area contributed by atoms with Crippen LogP contribution in [0.3, 0.4) is 0 Å². The Bertz CT molecular complexity index is 648. The van der Waals surface area contributed by atoms with Crippen LogP contribution in [0.4, 0.5) is 0 Å². The molecule has 0 bridgehead atoms. The Balaban J connectivity index is 5.35. The molecule has 0 heterocycles. The van der Waals surface area contributed by atoms with Gasteiger partial charge in [0.25, 0.3) is 0 Å². The highest BCUT2D eigenvalue weighted by atomic mass is 16.5. The Morgan fingerprint density at radius 1 is 0.966 bits per heavy atom. The van der Waals surface area contributed by atoms with Crippen LogP contribution in [0.15, 0.2) is 47.6 Å². The molecule has 29 heavy (non-hydrogen) atoms. The molecule has 0 aliphatic heterocycles. The number of aliphatic hydroxyl groups is 1. The van der Waals surface area contributed by atoms with Gasteiger partial charge >= 0.3 is 11.9 Å². The number of ether oxygens (including phenoxy) is 2. The Labute approximate surface area is 176 Å². The predicted molar refractivity (Wildman–Crippen MR) is 117 cm³/mol. The molecule has 0 spiro atoms. The number of esters is 2. The molecule has 0 aromatic heterocycles. The van der Waals surface area contributed by atoms with Crippen molar-refractivity contribution in [3.63, 3.8) is 0 Å². The van der Waals surface area contributed by atoms with Gasteiger partial charge < -0.3 is 14.6 Å². The van der Waals surface area contributed by atoms with Gasteiger partial charge in [-0.2, -0.15) is 0 Å². The summed E-state index contributed by atoms with van der Waals surface area (Å²) in [6.45, 7) is 16.0. The van der Waals surface area contributed by atoms with E-state index in [1.807, 2.05) is 19.9 Å². The van der Waals surface area contributed by atoms with E-state index in [9.17, 15) is 14.7 Å². The smallest absolute Gasteiger partial charge is 0.303 e. The van der Waals surface area contributed by atoms with E-state index in [1.165, 1.54) is 25.5 Å². The summed E-state index contributed by atoms with van der Waals surface area (Å²) in [6, 6.07) is 0. The van der Waals surface area contributed by atoms with Crippen LogP contribution in [0.25, 0.3) is 0 Å². The molecule has 0 fully saturated rings. The normalized spacial score (nSPS) is 16.3. The van der Waals surface area contributed by atoms with Crippen LogP contribution in [0.2, 0.25) is 0 Å². The van der Waals surface area contributed by atoms with Crippen molar-refractivity contribution in [1.82, 2.24) is 0 Å². The zero-order chi connectivity index (χ0) is 22.6. The lowest BCUT2D eigenvalue weighted by Crippen LogP contribution is -2.29. The van der Waals surface area contributed by atoms with Crippen molar-refractivity contribution in [2.24, 2.45) is 0 Å². The van der Waals surface area contributed by atoms with Crippen LogP contribution in [0.1, 0.15) is 74.1 Å². The Kier molecular flexibility index (Phi) is 12.2. The Morgan fingerprint density at radius 3 is 1.97 bits per heavy atom. The van der Waals surface area contributed by atoms with Gasteiger partial charge in [-0.25, -0.2) is 0 Å². The average Bonchev–Trinajstić information content (AvgIpc) is 2.52. The SMILES string of the molecule is C=C[C@@](C)(O)C[C@@H](/C=C(\C)C[C@@H](/C=C(\C)CCC=C(C)C)OC(C)=O)OC(C)=O. The van der Waals surface area contributed by atoms with Crippen molar-refractivity contribution in [3.05, 3.63) is 47.6 Å². The van der Waals surface area contributed by atoms with Crippen molar-refractivity contribution in [2.75, 3.05) is 0 Å². The molecule has 5 heteroatoms. The first kappa shape index (κ1) is 26.9. The molecule has 164 valence electrons. The van der Waals surface area contributed by atoms with E-state index in [2.05, 4.69) is 26.5 Å². The largest absolute Gasteiger partial charge is 0.458 e. The summed E-state index contributed by atoms with van der Waals surface area (Å²) < 4.78 is 10.8. The van der Waals surface area contributed by atoms with Gasteiger partial charge in [0, 0.05) is 26.7 Å². The van der Waals surface area contributed by atoms with Gasteiger partial charge in [-0.1, -0.05) is 28.9 Å². The number of carbonyl (C=O) groups excluding carboxylic acids is 2. The molecule has 0 saturated heterocycles. The number of carbonyl (C=O) groups is 2. The lowest BCUT2D eigenvalue weighted by molar-refractivity contribution is -0.146. The maximum atomic E-state index is 11.5. The first-order valence-electron chi connectivity index (χ1n) is 10.0. The molecule has 0 aliphatic rings. The third-order valence-electron chi connectivity index (χ3n) is 4.24. The molecule has 1 N–H and O–H groups in total. The highest BCUT2D eigenvalue weighted by Crippen LogP contribution is 2.21. The fraction of sp³-hybridized carbons (Fsp3) is 0.583. The summed E-state index contributed by atoms with van der Waals surface area (Å²) in [7, 11) is 0. The molecule has 0 aromatic rings. The van der Waals surface area contributed by atoms with Gasteiger partial charge in [0.2, 0.25) is 0 Å². The summed E-state index contributed by atoms with van der Waals surface area (Å²) >= 11 is 0. The van der Waals surface area contributed by atoms with Crippen LogP contribution in [-0.2, 0) is 19.1 Å². The maximum absolute atomic E-state index is 11.5. The highest BCUT2D eigenvalue weighted by Gasteiger charge is 2.23. The Morgan fingerprint density at radius 2 is 1.48 bits per heavy atom. The summed E-state index contributed by atoms with van der Waals surface area (Å²) in [5, 5.41) is 10.2. The van der Waals surface area contributed by atoms with Crippen molar-refractivity contribution in [3.8, 4) is 0 Å². The van der Waals surface area contributed by atoms with Crippen molar-refractivity contribution < 1.29 is 24.2 Å². The molecule has 0 aliphatic carbocycles. The molecular formula is C24H38O5. The second kappa shape index (κ2) is 13.2. The summed E-state index contributed by atoms with van der Waals surface area (Å²) in [5.74, 6) is -0.771. The fourth-order valence-corrected chi connectivity index (χ4v) is 2.88. The summed E-state index contributed by atoms with van der Waals surface area (Å²) in [6.07, 6.45) is 8.89. The van der Waals surface area contributed by atoms with E-state index in [0.717, 1.165) is 24.0 Å². The molecule has 0 rings (SSSR count). The molecule has 3 atom stereocenters. The van der Waals surface area contributed by atoms with Crippen LogP contribution in [0, 0.1) is 0 Å². The van der Waals surface area contributed by atoms with E-state index >= 15 is 0 Å². The molecule has 0 saturated carbocycles. The van der Waals surface area contributed by atoms with E-state index in [1.54, 1.807) is 13.0 Å². The van der Waals surface area contributed by atoms with E-state index in [0.29, 0.717) is 6.42 Å². The van der Waals surface area contributed by atoms with Gasteiger partial charge in [0.15, 0.2) is 0 Å². The summed E-state index contributed by atoms with van der Waals surface area (Å²) in [5.41, 5.74) is 2.16. The molecule has 0 aromatic carbocycles. The third kappa shape index (κ3) is 14.5. The topological polar surface area (TPSA) is 72.8 Å². The van der Waals surface area contributed by atoms with E-state index in [-0.39, 0.29) is 12.4 Å². The van der Waals surface area contributed by atoms with Crippen molar-refractivity contribution in [2.45, 2.75) is 92.0 Å². The van der Waals surface area contributed by atoms with E-state index in [4.69, 9.17) is 9.47 Å². The monoisotopic (exact) mass is 406 g/mol. The minimum Gasteiger partial charge on any atom is -0.458 e.